The number of hydrogen-bond acceptors (Lipinski definition) is 17. The van der Waals surface area contributed by atoms with Crippen LogP contribution < -0.4 is 53.0 Å². The van der Waals surface area contributed by atoms with Crippen molar-refractivity contribution in [1.29, 1.82) is 0 Å². The highest BCUT2D eigenvalue weighted by Crippen LogP contribution is 2.53. The van der Waals surface area contributed by atoms with Crippen LogP contribution >= 0.6 is 22.6 Å². The third-order valence-electron chi connectivity index (χ3n) is 20.4. The number of benzene rings is 3. The molecule has 3 aromatic carbocycles. The Morgan fingerprint density at radius 3 is 2.06 bits per heavy atom. The molecule has 616 valence electrons. The average molecular weight is 1680 g/mol. The number of nitrogens with one attached hydrogen (secondary N) is 9. The Kier molecular flexibility index (Phi) is 37.2. The molecule has 3 fully saturated rings. The Morgan fingerprint density at radius 2 is 1.39 bits per heavy atom. The molecule has 1 aromatic heterocycles. The van der Waals surface area contributed by atoms with Gasteiger partial charge < -0.3 is 81.8 Å². The monoisotopic (exact) mass is 1680 g/mol. The van der Waals surface area contributed by atoms with Crippen LogP contribution in [0.5, 0.6) is 5.75 Å². The van der Waals surface area contributed by atoms with Gasteiger partial charge in [0, 0.05) is 102 Å². The van der Waals surface area contributed by atoms with Gasteiger partial charge in [0.15, 0.2) is 0 Å². The van der Waals surface area contributed by atoms with E-state index in [-0.39, 0.29) is 90.5 Å². The van der Waals surface area contributed by atoms with Crippen molar-refractivity contribution < 1.29 is 80.8 Å². The first-order valence-electron chi connectivity index (χ1n) is 39.0. The number of halogens is 2. The Hall–Kier alpha value is -9.26. The van der Waals surface area contributed by atoms with Gasteiger partial charge in [-0.1, -0.05) is 109 Å². The summed E-state index contributed by atoms with van der Waals surface area (Å²) in [4.78, 5) is 165. The molecule has 4 aromatic rings. The number of hydrogen-bond donors (Lipinski definition) is 10. The maximum atomic E-state index is 16.0. The number of methoxy groups -OCH3 is 1. The summed E-state index contributed by atoms with van der Waals surface area (Å²) in [6, 6.07) is 7.04. The van der Waals surface area contributed by atoms with E-state index in [9.17, 15) is 39.1 Å². The molecular formula is C81H112FIN14O16. The van der Waals surface area contributed by atoms with E-state index in [1.807, 2.05) is 0 Å². The molecule has 32 heteroatoms. The van der Waals surface area contributed by atoms with E-state index < -0.39 is 143 Å². The molecule has 113 heavy (non-hydrogen) atoms. The number of ether oxygens (including phenoxy) is 5. The van der Waals surface area contributed by atoms with E-state index in [0.717, 1.165) is 55.8 Å². The van der Waals surface area contributed by atoms with Gasteiger partial charge in [0.25, 0.3) is 0 Å². The minimum atomic E-state index is -1.64. The predicted octanol–water partition coefficient (Wildman–Crippen LogP) is 6.39. The highest BCUT2D eigenvalue weighted by Gasteiger charge is 2.51. The molecule has 10 amide bonds. The summed E-state index contributed by atoms with van der Waals surface area (Å²) in [5, 5.41) is 26.0. The molecule has 3 aliphatic rings. The molecule has 2 unspecified atom stereocenters. The van der Waals surface area contributed by atoms with E-state index in [0.29, 0.717) is 70.7 Å². The Balaban J connectivity index is 1.18. The van der Waals surface area contributed by atoms with Crippen LogP contribution in [0.25, 0.3) is 21.3 Å². The fraction of sp³-hybridized carbons (Fsp3) is 0.593. The maximum Gasteiger partial charge on any atom is 0.246 e. The molecule has 0 spiro atoms. The van der Waals surface area contributed by atoms with Crippen molar-refractivity contribution >= 4 is 98.3 Å². The number of likely N-dealkylation sites (tertiary alicyclic amines) is 1. The van der Waals surface area contributed by atoms with Crippen molar-refractivity contribution in [3.05, 3.63) is 111 Å². The van der Waals surface area contributed by atoms with Crippen molar-refractivity contribution in [3.8, 4) is 18.1 Å². The lowest BCUT2D eigenvalue weighted by atomic mass is 9.82. The molecular weight excluding hydrogens is 1570 g/mol. The SMILES string of the molecule is C#CCOCC1CCN(C(=O)[C@H](Cc2c[nH]c3ccc(F)cc23)NC(=O)[C@H](Cc2cccc(CN=[N+]=[N-])c2)NC(=O)[C@@H](C)NC(=O)[C@H](CNC(=O)CCOCCOCCI)NC(=O)CCC(N)=O)[C@@H]1C(=O)N[C@H](C(=O)N[C@@H](Cc1ccc(OC)cc1)C(=O)NCCCC1(C(=O)C2CCCCCCCC2)CC1)C(C)OC(C)(C)C. The normalized spacial score (nSPS) is 17.4. The molecule has 1 saturated heterocycles. The first-order chi connectivity index (χ1) is 54.1. The predicted molar refractivity (Wildman–Crippen MR) is 428 cm³/mol. The van der Waals surface area contributed by atoms with Gasteiger partial charge in [0.05, 0.1) is 58.4 Å². The van der Waals surface area contributed by atoms with Gasteiger partial charge >= 0.3 is 0 Å². The lowest BCUT2D eigenvalue weighted by Gasteiger charge is -2.35. The van der Waals surface area contributed by atoms with Gasteiger partial charge in [0.1, 0.15) is 66.2 Å². The molecule has 30 nitrogen and oxygen atoms in total. The van der Waals surface area contributed by atoms with Crippen LogP contribution in [-0.2, 0) is 97.5 Å². The van der Waals surface area contributed by atoms with Crippen LogP contribution in [0.1, 0.15) is 160 Å². The van der Waals surface area contributed by atoms with Crippen LogP contribution in [0.2, 0.25) is 0 Å². The zero-order valence-corrected chi connectivity index (χ0v) is 67.8. The first-order valence-corrected chi connectivity index (χ1v) is 40.5. The second-order valence-electron chi connectivity index (χ2n) is 30.2. The van der Waals surface area contributed by atoms with E-state index in [2.05, 4.69) is 86.1 Å². The number of aromatic amines is 1. The summed E-state index contributed by atoms with van der Waals surface area (Å²) >= 11 is 2.17. The van der Waals surface area contributed by atoms with Gasteiger partial charge in [0.2, 0.25) is 59.1 Å². The number of ketones is 1. The van der Waals surface area contributed by atoms with Crippen molar-refractivity contribution in [1.82, 2.24) is 52.4 Å². The van der Waals surface area contributed by atoms with Crippen LogP contribution in [0.3, 0.4) is 0 Å². The highest BCUT2D eigenvalue weighted by atomic mass is 127. The number of amides is 10. The second kappa shape index (κ2) is 46.2. The summed E-state index contributed by atoms with van der Waals surface area (Å²) in [6.45, 7) is 8.40. The van der Waals surface area contributed by atoms with Gasteiger partial charge in [-0.3, -0.25) is 52.7 Å². The standard InChI is InChI=1S/C81H112FIN14O16/c1-8-37-112-50-57-29-36-97(71(57)78(107)95-70(52(3)113-80(4,5)6)77(106)93-63(43-53-21-24-60(109-7)25-22-53)74(103)86-35-16-31-81(32-33-81)72(101)56-19-13-11-9-10-12-14-20-56)79(108)65(45-58-48-87-62-26-23-59(82)46-61(58)62)94-75(104)64(44-54-17-15-18-55(42-54)47-89-96-85)92-73(102)51(2)90-76(105)66(91-69(100)28-27-67(84)98)49-88-68(99)30-38-110-40-41-111-39-34-83/h1,15,17-18,21-26,42,46,48,51-52,56-57,63-66,70-71,87H,9-14,16,19-20,27-41,43-45,47,49-50H2,2-7H3,(H2,84,98)(H,86,103)(H,88,99)(H,90,105)(H,91,100)(H,92,102)(H,93,106)(H,94,104)(H,95,107)/t51-,52?,57?,63+,64+,65+,66+,70+,71+/m1/s1. The second-order valence-corrected chi connectivity index (χ2v) is 31.3. The molecule has 0 bridgehead atoms. The van der Waals surface area contributed by atoms with Crippen molar-refractivity contribution in [3.63, 3.8) is 0 Å². The number of nitrogens with two attached hydrogens (primary N) is 1. The number of azide groups is 1. The number of terminal acetylenes is 1. The number of fused-ring (bicyclic) bond motifs is 1. The zero-order valence-electron chi connectivity index (χ0n) is 65.6. The smallest absolute Gasteiger partial charge is 0.246 e. The summed E-state index contributed by atoms with van der Waals surface area (Å²) in [5.41, 5.74) is 15.6. The summed E-state index contributed by atoms with van der Waals surface area (Å²) in [5.74, 6) is -6.10. The molecule has 7 rings (SSSR count). The van der Waals surface area contributed by atoms with Gasteiger partial charge in [-0.25, -0.2) is 4.39 Å². The molecule has 2 heterocycles. The van der Waals surface area contributed by atoms with E-state index in [1.54, 1.807) is 76.2 Å². The molecule has 2 aliphatic carbocycles. The molecule has 0 radical (unpaired) electrons. The first kappa shape index (κ1) is 90.9. The Labute approximate surface area is 673 Å². The molecule has 1 aliphatic heterocycles. The highest BCUT2D eigenvalue weighted by molar-refractivity contribution is 14.1. The van der Waals surface area contributed by atoms with Crippen LogP contribution in [-0.4, -0.2) is 200 Å². The number of carbonyl (C=O) groups excluding carboxylic acids is 11. The lowest BCUT2D eigenvalue weighted by Crippen LogP contribution is -2.63. The zero-order chi connectivity index (χ0) is 82.0. The van der Waals surface area contributed by atoms with Crippen molar-refractivity contribution in [2.75, 3.05) is 70.8 Å². The minimum absolute atomic E-state index is 0.000449. The van der Waals surface area contributed by atoms with Crippen molar-refractivity contribution in [2.45, 2.75) is 217 Å². The Bertz CT molecular complexity index is 3960. The number of rotatable bonds is 46. The van der Waals surface area contributed by atoms with Gasteiger partial charge in [-0.15, -0.1) is 6.42 Å². The summed E-state index contributed by atoms with van der Waals surface area (Å²) in [7, 11) is 1.52. The fourth-order valence-corrected chi connectivity index (χ4v) is 14.7. The number of aromatic nitrogens is 1. The summed E-state index contributed by atoms with van der Waals surface area (Å²) < 4.78 is 44.6. The number of nitrogens with zero attached hydrogens (tertiary/aromatic N) is 4. The van der Waals surface area contributed by atoms with Crippen LogP contribution in [0, 0.1) is 35.4 Å². The summed E-state index contributed by atoms with van der Waals surface area (Å²) in [6.07, 6.45) is 15.9. The largest absolute Gasteiger partial charge is 0.497 e. The van der Waals surface area contributed by atoms with E-state index >= 15 is 23.6 Å². The topological polar surface area (TPSA) is 424 Å². The van der Waals surface area contributed by atoms with E-state index in [4.69, 9.17) is 35.8 Å². The number of alkyl halides is 1. The number of primary amides is 1. The average Bonchev–Trinajstić information content (AvgIpc) is 1.63. The maximum absolute atomic E-state index is 16.0. The van der Waals surface area contributed by atoms with Gasteiger partial charge in [-0.2, -0.15) is 0 Å². The van der Waals surface area contributed by atoms with Crippen molar-refractivity contribution in [2.24, 2.45) is 28.1 Å². The minimum Gasteiger partial charge on any atom is -0.497 e. The van der Waals surface area contributed by atoms with Crippen LogP contribution in [0.4, 0.5) is 4.39 Å². The molecule has 11 N–H and O–H groups in total. The van der Waals surface area contributed by atoms with E-state index in [1.165, 1.54) is 56.2 Å². The third kappa shape index (κ3) is 29.9. The number of Topliss-reactive ketones (excluding diaryl/α,β-unsaturated/α-hetero) is 1. The Morgan fingerprint density at radius 1 is 0.726 bits per heavy atom. The van der Waals surface area contributed by atoms with Gasteiger partial charge in [-0.05, 0) is 138 Å². The third-order valence-corrected chi connectivity index (χ3v) is 20.8. The number of carbonyl (C=O) groups is 11. The number of H-pyrrole nitrogens is 1. The van der Waals surface area contributed by atoms with Crippen LogP contribution in [0.15, 0.2) is 78.0 Å². The quantitative estimate of drug-likeness (QED) is 0.00436. The molecule has 9 atom stereocenters. The molecule has 2 saturated carbocycles. The lowest BCUT2D eigenvalue weighted by molar-refractivity contribution is -0.146. The fourth-order valence-electron chi connectivity index (χ4n) is 14.4.